The molecule has 0 radical (unpaired) electrons. The summed E-state index contributed by atoms with van der Waals surface area (Å²) >= 11 is 6.55. The van der Waals surface area contributed by atoms with E-state index in [1.807, 2.05) is 31.2 Å². The molecule has 0 atom stereocenters. The number of thiocarbonyl (C=S) groups is 1. The van der Waals surface area contributed by atoms with Crippen molar-refractivity contribution < 1.29 is 23.5 Å². The number of aryl methyl sites for hydroxylation is 1. The lowest BCUT2D eigenvalue weighted by atomic mass is 10.1. The maximum absolute atomic E-state index is 13.3. The minimum absolute atomic E-state index is 0.189. The summed E-state index contributed by atoms with van der Waals surface area (Å²) < 4.78 is 25.1. The minimum Gasteiger partial charge on any atom is -0.490 e. The van der Waals surface area contributed by atoms with Crippen LogP contribution in [0.2, 0.25) is 0 Å². The van der Waals surface area contributed by atoms with Crippen LogP contribution in [0.15, 0.2) is 71.6 Å². The molecule has 190 valence electrons. The van der Waals surface area contributed by atoms with E-state index in [0.717, 1.165) is 6.42 Å². The first-order chi connectivity index (χ1) is 17.9. The second-order valence-corrected chi connectivity index (χ2v) is 9.70. The predicted octanol–water partition coefficient (Wildman–Crippen LogP) is 6.21. The van der Waals surface area contributed by atoms with Gasteiger partial charge in [0.15, 0.2) is 22.4 Å². The molecule has 37 heavy (non-hydrogen) atoms. The summed E-state index contributed by atoms with van der Waals surface area (Å²) in [6.45, 7) is 4.12. The predicted molar refractivity (Wildman–Crippen MR) is 150 cm³/mol. The average molecular weight is 537 g/mol. The molecule has 0 spiro atoms. The molecule has 1 heterocycles. The van der Waals surface area contributed by atoms with Crippen molar-refractivity contribution in [2.45, 2.75) is 20.3 Å². The van der Waals surface area contributed by atoms with Crippen molar-refractivity contribution in [2.24, 2.45) is 0 Å². The molecular formula is C28H25FN2O4S2. The lowest BCUT2D eigenvalue weighted by molar-refractivity contribution is -0.118. The van der Waals surface area contributed by atoms with Gasteiger partial charge in [0.1, 0.15) is 5.82 Å². The number of amides is 2. The van der Waals surface area contributed by atoms with E-state index in [4.69, 9.17) is 21.7 Å². The average Bonchev–Trinajstić information content (AvgIpc) is 3.17. The molecule has 0 saturated carbocycles. The Balaban J connectivity index is 1.45. The van der Waals surface area contributed by atoms with Gasteiger partial charge in [0, 0.05) is 5.69 Å². The molecule has 1 N–H and O–H groups in total. The maximum atomic E-state index is 13.3. The summed E-state index contributed by atoms with van der Waals surface area (Å²) in [4.78, 5) is 27.2. The molecule has 1 aliphatic heterocycles. The molecule has 0 unspecified atom stereocenters. The van der Waals surface area contributed by atoms with Crippen molar-refractivity contribution in [1.82, 2.24) is 0 Å². The van der Waals surface area contributed by atoms with Crippen LogP contribution in [0.1, 0.15) is 25.0 Å². The Hall–Kier alpha value is -3.69. The molecule has 0 aromatic heterocycles. The summed E-state index contributed by atoms with van der Waals surface area (Å²) in [6.07, 6.45) is 2.64. The van der Waals surface area contributed by atoms with E-state index < -0.39 is 5.82 Å². The van der Waals surface area contributed by atoms with E-state index in [1.54, 1.807) is 24.3 Å². The number of anilines is 2. The molecule has 0 aliphatic carbocycles. The van der Waals surface area contributed by atoms with E-state index in [9.17, 15) is 14.0 Å². The van der Waals surface area contributed by atoms with Crippen molar-refractivity contribution in [1.29, 1.82) is 0 Å². The molecular weight excluding hydrogens is 511 g/mol. The van der Waals surface area contributed by atoms with E-state index in [2.05, 4.69) is 12.2 Å². The highest BCUT2D eigenvalue weighted by molar-refractivity contribution is 8.27. The van der Waals surface area contributed by atoms with Crippen molar-refractivity contribution in [2.75, 3.05) is 23.4 Å². The Labute approximate surface area is 224 Å². The van der Waals surface area contributed by atoms with Gasteiger partial charge in [-0.3, -0.25) is 14.5 Å². The van der Waals surface area contributed by atoms with Crippen LogP contribution in [0.25, 0.3) is 6.08 Å². The molecule has 9 heteroatoms. The highest BCUT2D eigenvalue weighted by Crippen LogP contribution is 2.37. The maximum Gasteiger partial charge on any atom is 0.270 e. The lowest BCUT2D eigenvalue weighted by Gasteiger charge is -2.14. The van der Waals surface area contributed by atoms with Gasteiger partial charge in [-0.1, -0.05) is 49.1 Å². The van der Waals surface area contributed by atoms with Crippen LogP contribution in [-0.4, -0.2) is 29.3 Å². The summed E-state index contributed by atoms with van der Waals surface area (Å²) in [6, 6.07) is 18.4. The Kier molecular flexibility index (Phi) is 8.58. The highest BCUT2D eigenvalue weighted by Gasteiger charge is 2.33. The van der Waals surface area contributed by atoms with Gasteiger partial charge in [-0.15, -0.1) is 0 Å². The Morgan fingerprint density at radius 1 is 1.03 bits per heavy atom. The number of hydrogen-bond acceptors (Lipinski definition) is 6. The normalized spacial score (nSPS) is 14.2. The number of nitrogens with one attached hydrogen (secondary N) is 1. The molecule has 3 aromatic rings. The largest absolute Gasteiger partial charge is 0.490 e. The van der Waals surface area contributed by atoms with Gasteiger partial charge >= 0.3 is 0 Å². The molecule has 2 amide bonds. The zero-order valence-corrected chi connectivity index (χ0v) is 22.0. The zero-order valence-electron chi connectivity index (χ0n) is 20.3. The Morgan fingerprint density at radius 3 is 2.43 bits per heavy atom. The molecule has 1 fully saturated rings. The SMILES string of the molecule is CCOc1cc(/C=C2\SC(=S)N(c3ccc(F)cc3)C2=O)ccc1OCC(=O)Nc1ccc(CC)cc1. The molecule has 0 bridgehead atoms. The topological polar surface area (TPSA) is 67.9 Å². The summed E-state index contributed by atoms with van der Waals surface area (Å²) in [5.74, 6) is -0.109. The quantitative estimate of drug-likeness (QED) is 0.259. The van der Waals surface area contributed by atoms with Gasteiger partial charge in [-0.25, -0.2) is 4.39 Å². The minimum atomic E-state index is -0.390. The number of rotatable bonds is 9. The molecule has 1 aliphatic rings. The molecule has 3 aromatic carbocycles. The third-order valence-corrected chi connectivity index (χ3v) is 6.75. The zero-order chi connectivity index (χ0) is 26.4. The van der Waals surface area contributed by atoms with Crippen molar-refractivity contribution in [3.05, 3.63) is 88.6 Å². The third-order valence-electron chi connectivity index (χ3n) is 5.45. The van der Waals surface area contributed by atoms with Crippen LogP contribution in [0.5, 0.6) is 11.5 Å². The van der Waals surface area contributed by atoms with Gasteiger partial charge in [0.25, 0.3) is 11.8 Å². The fraction of sp³-hybridized carbons (Fsp3) is 0.179. The van der Waals surface area contributed by atoms with Gasteiger partial charge in [0.2, 0.25) is 0 Å². The first kappa shape index (κ1) is 26.4. The second-order valence-electron chi connectivity index (χ2n) is 8.02. The van der Waals surface area contributed by atoms with Gasteiger partial charge in [-0.2, -0.15) is 0 Å². The number of carbonyl (C=O) groups is 2. The number of ether oxygens (including phenoxy) is 2. The van der Waals surface area contributed by atoms with Crippen LogP contribution < -0.4 is 19.7 Å². The van der Waals surface area contributed by atoms with Crippen molar-refractivity contribution in [3.63, 3.8) is 0 Å². The number of nitrogens with zero attached hydrogens (tertiary/aromatic N) is 1. The number of hydrogen-bond donors (Lipinski definition) is 1. The van der Waals surface area contributed by atoms with Crippen LogP contribution in [-0.2, 0) is 16.0 Å². The fourth-order valence-corrected chi connectivity index (χ4v) is 4.90. The van der Waals surface area contributed by atoms with Gasteiger partial charge < -0.3 is 14.8 Å². The van der Waals surface area contributed by atoms with E-state index >= 15 is 0 Å². The van der Waals surface area contributed by atoms with Gasteiger partial charge in [-0.05, 0) is 79.1 Å². The van der Waals surface area contributed by atoms with E-state index in [1.165, 1.54) is 46.5 Å². The van der Waals surface area contributed by atoms with Crippen LogP contribution in [0.3, 0.4) is 0 Å². The summed E-state index contributed by atoms with van der Waals surface area (Å²) in [5, 5.41) is 2.81. The van der Waals surface area contributed by atoms with E-state index in [0.29, 0.717) is 44.3 Å². The smallest absolute Gasteiger partial charge is 0.270 e. The monoisotopic (exact) mass is 536 g/mol. The second kappa shape index (κ2) is 12.0. The van der Waals surface area contributed by atoms with Crippen LogP contribution in [0, 0.1) is 5.82 Å². The number of thioether (sulfide) groups is 1. The summed E-state index contributed by atoms with van der Waals surface area (Å²) in [7, 11) is 0. The van der Waals surface area contributed by atoms with Crippen LogP contribution >= 0.6 is 24.0 Å². The third kappa shape index (κ3) is 6.55. The van der Waals surface area contributed by atoms with E-state index in [-0.39, 0.29) is 18.4 Å². The fourth-order valence-electron chi connectivity index (χ4n) is 3.60. The molecule has 4 rings (SSSR count). The Bertz CT molecular complexity index is 1340. The number of benzene rings is 3. The lowest BCUT2D eigenvalue weighted by Crippen LogP contribution is -2.27. The number of halogens is 1. The van der Waals surface area contributed by atoms with Gasteiger partial charge in [0.05, 0.1) is 17.2 Å². The van der Waals surface area contributed by atoms with Crippen LogP contribution in [0.4, 0.5) is 15.8 Å². The first-order valence-electron chi connectivity index (χ1n) is 11.7. The number of carbonyl (C=O) groups excluding carboxylic acids is 2. The molecule has 1 saturated heterocycles. The first-order valence-corrected chi connectivity index (χ1v) is 12.9. The summed E-state index contributed by atoms with van der Waals surface area (Å²) in [5.41, 5.74) is 3.10. The van der Waals surface area contributed by atoms with Crippen molar-refractivity contribution >= 4 is 57.6 Å². The standard InChI is InChI=1S/C28H25FN2O4S2/c1-3-18-5-10-21(11-6-18)30-26(32)17-35-23-14-7-19(15-24(23)34-4-2)16-25-27(33)31(28(36)37-25)22-12-8-20(29)9-13-22/h5-16H,3-4,17H2,1-2H3,(H,30,32)/b25-16-. The Morgan fingerprint density at radius 2 is 1.76 bits per heavy atom. The van der Waals surface area contributed by atoms with Crippen molar-refractivity contribution in [3.8, 4) is 11.5 Å². The molecule has 6 nitrogen and oxygen atoms in total. The highest BCUT2D eigenvalue weighted by atomic mass is 32.2.